The first-order valence-corrected chi connectivity index (χ1v) is 18.5. The van der Waals surface area contributed by atoms with Crippen LogP contribution < -0.4 is 24.8 Å². The molecule has 0 unspecified atom stereocenters. The van der Waals surface area contributed by atoms with E-state index < -0.39 is 0 Å². The van der Waals surface area contributed by atoms with Gasteiger partial charge < -0.3 is 24.8 Å². The van der Waals surface area contributed by atoms with E-state index >= 15 is 0 Å². The summed E-state index contributed by atoms with van der Waals surface area (Å²) in [5, 5.41) is 11.0. The Bertz CT molecular complexity index is 1890. The van der Waals surface area contributed by atoms with Crippen LogP contribution in [0.25, 0.3) is 43.1 Å². The van der Waals surface area contributed by atoms with Crippen molar-refractivity contribution in [3.05, 3.63) is 166 Å². The van der Waals surface area contributed by atoms with Crippen LogP contribution in [0.1, 0.15) is 44.5 Å². The molecule has 0 N–H and O–H groups in total. The summed E-state index contributed by atoms with van der Waals surface area (Å²) in [4.78, 5) is 6.50. The molecule has 4 heteroatoms. The zero-order valence-corrected chi connectivity index (χ0v) is 35.4. The van der Waals surface area contributed by atoms with Gasteiger partial charge in [0.1, 0.15) is 0 Å². The van der Waals surface area contributed by atoms with Crippen molar-refractivity contribution in [3.8, 4) is 0 Å². The normalized spacial score (nSPS) is 9.68. The van der Waals surface area contributed by atoms with Gasteiger partial charge in [0.15, 0.2) is 0 Å². The average molecular weight is 768 g/mol. The van der Waals surface area contributed by atoms with E-state index in [1.807, 2.05) is 0 Å². The van der Waals surface area contributed by atoms with Gasteiger partial charge in [0.25, 0.3) is 0 Å². The molecule has 256 valence electrons. The van der Waals surface area contributed by atoms with Crippen molar-refractivity contribution in [1.29, 1.82) is 0 Å². The number of hydrogen-bond acceptors (Lipinski definition) is 0. The summed E-state index contributed by atoms with van der Waals surface area (Å²) in [7, 11) is 0. The molecule has 0 saturated heterocycles. The van der Waals surface area contributed by atoms with Crippen LogP contribution in [0.4, 0.5) is 0 Å². The minimum atomic E-state index is 0. The van der Waals surface area contributed by atoms with Crippen LogP contribution in [0.15, 0.2) is 121 Å². The third-order valence-electron chi connectivity index (χ3n) is 8.45. The van der Waals surface area contributed by atoms with Crippen molar-refractivity contribution < 1.29 is 64.8 Å². The fraction of sp³-hybridized carbons (Fsp3) is 0.174. The first-order chi connectivity index (χ1) is 23.1. The van der Waals surface area contributed by atoms with Gasteiger partial charge in [-0.3, -0.25) is 0 Å². The molecule has 0 spiro atoms. The van der Waals surface area contributed by atoms with Crippen molar-refractivity contribution in [2.45, 2.75) is 55.4 Å². The van der Waals surface area contributed by atoms with Gasteiger partial charge in [0, 0.05) is 0 Å². The van der Waals surface area contributed by atoms with Crippen molar-refractivity contribution in [2.75, 3.05) is 0 Å². The zero-order valence-electron chi connectivity index (χ0n) is 30.7. The molecule has 0 fully saturated rings. The predicted molar refractivity (Wildman–Crippen MR) is 210 cm³/mol. The van der Waals surface area contributed by atoms with E-state index in [0.717, 1.165) is 0 Å². The Morgan fingerprint density at radius 3 is 0.680 bits per heavy atom. The Kier molecular flexibility index (Phi) is 19.9. The second-order valence-electron chi connectivity index (χ2n) is 12.4. The van der Waals surface area contributed by atoms with E-state index in [-0.39, 0.29) is 24.8 Å². The van der Waals surface area contributed by atoms with Crippen molar-refractivity contribution in [3.63, 3.8) is 0 Å². The molecule has 0 aliphatic heterocycles. The standard InChI is InChI=1S/4C11H11.2CH2.2ClH.2Ti/c4*1-8-6-10-5-3-4-9(2)11(10)7-8;;;;;;/h4*3-7H,1-2H3;2*1H2;2*1H;;/q4*-1;;;;;2*+2/p-2. The minimum absolute atomic E-state index is 0. The number of aryl methyl sites for hydroxylation is 8. The quantitative estimate of drug-likeness (QED) is 0.120. The Labute approximate surface area is 336 Å². The van der Waals surface area contributed by atoms with Gasteiger partial charge in [-0.1, -0.05) is 74.2 Å². The van der Waals surface area contributed by atoms with Gasteiger partial charge >= 0.3 is 49.6 Å². The molecule has 8 aromatic rings. The Hall–Kier alpha value is -2.93. The number of halogens is 2. The number of hydrogen-bond donors (Lipinski definition) is 0. The van der Waals surface area contributed by atoms with Crippen molar-refractivity contribution in [2.24, 2.45) is 0 Å². The Morgan fingerprint density at radius 1 is 0.340 bits per heavy atom. The van der Waals surface area contributed by atoms with Crippen LogP contribution in [-0.4, -0.2) is 9.63 Å². The molecule has 0 amide bonds. The summed E-state index contributed by atoms with van der Waals surface area (Å²) in [6.07, 6.45) is 0. The van der Waals surface area contributed by atoms with Gasteiger partial charge in [0.05, 0.1) is 0 Å². The molecule has 50 heavy (non-hydrogen) atoms. The SMILES string of the molecule is Cc1cc2c(C)cccc2[cH-]1.Cc1cc2c(C)cccc2[cH-]1.Cc1cc2c(C)cccc2[cH-]1.Cc1cc2c(C)cccc2[cH-]1.[CH2]=[Ti+2].[CH2]=[Ti+2].[Cl-].[Cl-]. The van der Waals surface area contributed by atoms with E-state index in [9.17, 15) is 0 Å². The van der Waals surface area contributed by atoms with Gasteiger partial charge in [-0.2, -0.15) is 24.3 Å². The maximum Gasteiger partial charge on any atom is -1.00 e. The largest absolute Gasteiger partial charge is 1.00 e. The predicted octanol–water partition coefficient (Wildman–Crippen LogP) is 6.64. The molecule has 0 atom stereocenters. The summed E-state index contributed by atoms with van der Waals surface area (Å²) >= 11 is 3.50. The molecule has 0 aliphatic rings. The van der Waals surface area contributed by atoms with Gasteiger partial charge in [0.2, 0.25) is 0 Å². The third kappa shape index (κ3) is 12.1. The smallest absolute Gasteiger partial charge is 1.00 e. The summed E-state index contributed by atoms with van der Waals surface area (Å²) in [6.45, 7) is 17.2. The molecule has 0 nitrogen and oxygen atoms in total. The summed E-state index contributed by atoms with van der Waals surface area (Å²) < 4.78 is 0. The second kappa shape index (κ2) is 22.1. The number of benzene rings is 4. The van der Waals surface area contributed by atoms with E-state index in [1.165, 1.54) is 87.6 Å². The molecule has 0 radical (unpaired) electrons. The first kappa shape index (κ1) is 45.1. The summed E-state index contributed by atoms with van der Waals surface area (Å²) in [6, 6.07) is 43.6. The molecule has 0 aromatic heterocycles. The second-order valence-corrected chi connectivity index (χ2v) is 12.4. The Balaban J connectivity index is 0.000000318. The van der Waals surface area contributed by atoms with Gasteiger partial charge in [-0.05, 0) is 27.7 Å². The van der Waals surface area contributed by atoms with Crippen LogP contribution >= 0.6 is 0 Å². The molecular weight excluding hydrogens is 719 g/mol. The average Bonchev–Trinajstić information content (AvgIpc) is 3.85. The molecule has 0 saturated carbocycles. The maximum atomic E-state index is 3.25. The summed E-state index contributed by atoms with van der Waals surface area (Å²) in [5.41, 5.74) is 10.9. The van der Waals surface area contributed by atoms with Crippen LogP contribution in [0, 0.1) is 55.4 Å². The number of rotatable bonds is 0. The van der Waals surface area contributed by atoms with Crippen LogP contribution in [0.5, 0.6) is 0 Å². The van der Waals surface area contributed by atoms with Crippen molar-refractivity contribution >= 4 is 52.7 Å². The van der Waals surface area contributed by atoms with E-state index in [1.54, 1.807) is 39.9 Å². The topological polar surface area (TPSA) is 0 Å². The molecule has 8 aromatic carbocycles. The fourth-order valence-corrected chi connectivity index (χ4v) is 6.16. The number of fused-ring (bicyclic) bond motifs is 4. The molecule has 0 bridgehead atoms. The van der Waals surface area contributed by atoms with Crippen molar-refractivity contribution in [1.82, 2.24) is 0 Å². The molecule has 0 heterocycles. The first-order valence-electron chi connectivity index (χ1n) is 16.3. The third-order valence-corrected chi connectivity index (χ3v) is 8.45. The fourth-order valence-electron chi connectivity index (χ4n) is 6.16. The molecular formula is C46H48Cl2Ti2-2. The van der Waals surface area contributed by atoms with Crippen LogP contribution in [-0.2, 0) is 39.9 Å². The Morgan fingerprint density at radius 2 is 0.520 bits per heavy atom. The van der Waals surface area contributed by atoms with Crippen LogP contribution in [0.3, 0.4) is 0 Å². The van der Waals surface area contributed by atoms with E-state index in [0.29, 0.717) is 0 Å². The monoisotopic (exact) mass is 766 g/mol. The molecule has 0 aliphatic carbocycles. The van der Waals surface area contributed by atoms with E-state index in [2.05, 4.69) is 186 Å². The zero-order chi connectivity index (χ0) is 35.4. The van der Waals surface area contributed by atoms with Gasteiger partial charge in [-0.15, -0.1) is 138 Å². The minimum Gasteiger partial charge on any atom is -1.00 e. The summed E-state index contributed by atoms with van der Waals surface area (Å²) in [5.74, 6) is 0. The van der Waals surface area contributed by atoms with E-state index in [4.69, 9.17) is 0 Å². The maximum absolute atomic E-state index is 3.25. The molecule has 8 rings (SSSR count). The van der Waals surface area contributed by atoms with Gasteiger partial charge in [-0.25, -0.2) is 0 Å². The van der Waals surface area contributed by atoms with Crippen LogP contribution in [0.2, 0.25) is 0 Å².